The third-order valence-electron chi connectivity index (χ3n) is 1.89. The van der Waals surface area contributed by atoms with Gasteiger partial charge in [-0.3, -0.25) is 0 Å². The number of aromatic nitrogens is 4. The van der Waals surface area contributed by atoms with Crippen molar-refractivity contribution in [1.82, 2.24) is 19.9 Å². The summed E-state index contributed by atoms with van der Waals surface area (Å²) >= 11 is 1.28. The molecule has 0 saturated carbocycles. The van der Waals surface area contributed by atoms with Gasteiger partial charge < -0.3 is 10.5 Å². The monoisotopic (exact) mass is 263 g/mol. The summed E-state index contributed by atoms with van der Waals surface area (Å²) in [5.41, 5.74) is 6.36. The molecule has 0 atom stereocenters. The Hall–Kier alpha value is -1.89. The van der Waals surface area contributed by atoms with E-state index in [1.807, 2.05) is 13.8 Å². The van der Waals surface area contributed by atoms with Gasteiger partial charge in [-0.2, -0.15) is 4.98 Å². The molecule has 0 bridgehead atoms. The highest BCUT2D eigenvalue weighted by Gasteiger charge is 2.12. The van der Waals surface area contributed by atoms with Crippen LogP contribution >= 0.6 is 11.8 Å². The van der Waals surface area contributed by atoms with Gasteiger partial charge in [-0.1, -0.05) is 0 Å². The van der Waals surface area contributed by atoms with E-state index in [9.17, 15) is 0 Å². The van der Waals surface area contributed by atoms with E-state index in [0.29, 0.717) is 21.7 Å². The number of anilines is 1. The van der Waals surface area contributed by atoms with E-state index in [1.54, 1.807) is 18.5 Å². The fourth-order valence-corrected chi connectivity index (χ4v) is 1.88. The Labute approximate surface area is 109 Å². The summed E-state index contributed by atoms with van der Waals surface area (Å²) in [5, 5.41) is 1.17. The molecule has 2 heterocycles. The number of hydrogen-bond acceptors (Lipinski definition) is 7. The number of nitrogens with zero attached hydrogens (tertiary/aromatic N) is 4. The average Bonchev–Trinajstić information content (AvgIpc) is 2.35. The highest BCUT2D eigenvalue weighted by Crippen LogP contribution is 2.32. The smallest absolute Gasteiger partial charge is 0.241 e. The van der Waals surface area contributed by atoms with Gasteiger partial charge in [0.1, 0.15) is 17.0 Å². The van der Waals surface area contributed by atoms with Crippen LogP contribution in [0.4, 0.5) is 5.69 Å². The molecule has 7 heteroatoms. The maximum absolute atomic E-state index is 5.95. The van der Waals surface area contributed by atoms with E-state index in [1.165, 1.54) is 18.1 Å². The zero-order valence-electron chi connectivity index (χ0n) is 10.1. The minimum atomic E-state index is 0.00743. The van der Waals surface area contributed by atoms with Gasteiger partial charge in [0, 0.05) is 12.4 Å². The largest absolute Gasteiger partial charge is 0.473 e. The molecule has 0 unspecified atom stereocenters. The molecule has 0 spiro atoms. The topological polar surface area (TPSA) is 86.8 Å². The molecule has 2 aromatic heterocycles. The molecule has 0 aliphatic carbocycles. The molecule has 0 aromatic carbocycles. The Morgan fingerprint density at radius 2 is 1.89 bits per heavy atom. The van der Waals surface area contributed by atoms with Crippen LogP contribution in [0.3, 0.4) is 0 Å². The highest BCUT2D eigenvalue weighted by atomic mass is 32.2. The molecule has 0 aliphatic rings. The van der Waals surface area contributed by atoms with Gasteiger partial charge in [-0.15, -0.1) is 0 Å². The van der Waals surface area contributed by atoms with Crippen LogP contribution in [0, 0.1) is 0 Å². The molecule has 0 fully saturated rings. The van der Waals surface area contributed by atoms with Crippen molar-refractivity contribution in [2.45, 2.75) is 30.1 Å². The van der Waals surface area contributed by atoms with Crippen LogP contribution in [0.15, 0.2) is 35.0 Å². The number of nitrogens with two attached hydrogens (primary N) is 1. The van der Waals surface area contributed by atoms with Crippen LogP contribution < -0.4 is 10.5 Å². The molecule has 2 rings (SSSR count). The van der Waals surface area contributed by atoms with Gasteiger partial charge in [-0.25, -0.2) is 15.0 Å². The summed E-state index contributed by atoms with van der Waals surface area (Å²) in [6, 6.07) is 1.75. The number of ether oxygens (including phenoxy) is 1. The first-order valence-electron chi connectivity index (χ1n) is 5.39. The summed E-state index contributed by atoms with van der Waals surface area (Å²) in [6.45, 7) is 3.82. The minimum Gasteiger partial charge on any atom is -0.473 e. The molecule has 94 valence electrons. The van der Waals surface area contributed by atoms with Gasteiger partial charge in [0.05, 0.1) is 6.10 Å². The zero-order chi connectivity index (χ0) is 13.0. The third kappa shape index (κ3) is 3.07. The van der Waals surface area contributed by atoms with Crippen molar-refractivity contribution in [3.63, 3.8) is 0 Å². The van der Waals surface area contributed by atoms with E-state index >= 15 is 0 Å². The summed E-state index contributed by atoms with van der Waals surface area (Å²) in [5.74, 6) is 0.387. The SMILES string of the molecule is CC(C)Oc1ncnc(Sc2ncccn2)c1N. The molecular weight excluding hydrogens is 250 g/mol. The van der Waals surface area contributed by atoms with Crippen LogP contribution in [0.1, 0.15) is 13.8 Å². The normalized spacial score (nSPS) is 10.6. The van der Waals surface area contributed by atoms with E-state index in [0.717, 1.165) is 0 Å². The second-order valence-corrected chi connectivity index (χ2v) is 4.65. The first-order valence-corrected chi connectivity index (χ1v) is 6.20. The predicted molar refractivity (Wildman–Crippen MR) is 68.4 cm³/mol. The van der Waals surface area contributed by atoms with Gasteiger partial charge in [0.15, 0.2) is 5.16 Å². The average molecular weight is 263 g/mol. The number of hydrogen-bond donors (Lipinski definition) is 1. The molecule has 0 radical (unpaired) electrons. The lowest BCUT2D eigenvalue weighted by atomic mass is 10.4. The fourth-order valence-electron chi connectivity index (χ4n) is 1.19. The maximum Gasteiger partial charge on any atom is 0.241 e. The Balaban J connectivity index is 2.23. The zero-order valence-corrected chi connectivity index (χ0v) is 10.9. The molecule has 0 aliphatic heterocycles. The molecule has 0 saturated heterocycles. The summed E-state index contributed by atoms with van der Waals surface area (Å²) in [6.07, 6.45) is 4.75. The van der Waals surface area contributed by atoms with Crippen LogP contribution in [-0.2, 0) is 0 Å². The van der Waals surface area contributed by atoms with Gasteiger partial charge in [-0.05, 0) is 31.7 Å². The van der Waals surface area contributed by atoms with Crippen molar-refractivity contribution in [2.24, 2.45) is 0 Å². The highest BCUT2D eigenvalue weighted by molar-refractivity contribution is 7.99. The Kier molecular flexibility index (Phi) is 3.93. The van der Waals surface area contributed by atoms with Crippen LogP contribution in [0.25, 0.3) is 0 Å². The molecule has 0 amide bonds. The van der Waals surface area contributed by atoms with E-state index < -0.39 is 0 Å². The quantitative estimate of drug-likeness (QED) is 0.664. The van der Waals surface area contributed by atoms with Crippen molar-refractivity contribution in [2.75, 3.05) is 5.73 Å². The second-order valence-electron chi connectivity index (χ2n) is 3.70. The van der Waals surface area contributed by atoms with Crippen molar-refractivity contribution in [3.8, 4) is 5.88 Å². The fraction of sp³-hybridized carbons (Fsp3) is 0.273. The molecular formula is C11H13N5OS. The molecule has 2 aromatic rings. The van der Waals surface area contributed by atoms with Gasteiger partial charge in [0.25, 0.3) is 0 Å². The minimum absolute atomic E-state index is 0.00743. The Bertz CT molecular complexity index is 520. The van der Waals surface area contributed by atoms with Gasteiger partial charge >= 0.3 is 0 Å². The van der Waals surface area contributed by atoms with Crippen LogP contribution in [-0.4, -0.2) is 26.0 Å². The molecule has 18 heavy (non-hydrogen) atoms. The second kappa shape index (κ2) is 5.63. The predicted octanol–water partition coefficient (Wildman–Crippen LogP) is 1.79. The lowest BCUT2D eigenvalue weighted by Crippen LogP contribution is -2.10. The number of rotatable bonds is 4. The van der Waals surface area contributed by atoms with Crippen LogP contribution in [0.2, 0.25) is 0 Å². The summed E-state index contributed by atoms with van der Waals surface area (Å²) in [4.78, 5) is 16.3. The lowest BCUT2D eigenvalue weighted by Gasteiger charge is -2.11. The first kappa shape index (κ1) is 12.6. The van der Waals surface area contributed by atoms with Crippen LogP contribution in [0.5, 0.6) is 5.88 Å². The van der Waals surface area contributed by atoms with Crippen molar-refractivity contribution in [1.29, 1.82) is 0 Å². The van der Waals surface area contributed by atoms with E-state index in [2.05, 4.69) is 19.9 Å². The summed E-state index contributed by atoms with van der Waals surface area (Å²) in [7, 11) is 0. The molecule has 6 nitrogen and oxygen atoms in total. The first-order chi connectivity index (χ1) is 8.66. The van der Waals surface area contributed by atoms with Gasteiger partial charge in [0.2, 0.25) is 5.88 Å². The standard InChI is InChI=1S/C11H13N5OS/c1-7(2)17-9-8(12)10(16-6-15-9)18-11-13-4-3-5-14-11/h3-7H,12H2,1-2H3. The molecule has 2 N–H and O–H groups in total. The Morgan fingerprint density at radius 1 is 1.17 bits per heavy atom. The van der Waals surface area contributed by atoms with Crippen molar-refractivity contribution >= 4 is 17.4 Å². The van der Waals surface area contributed by atoms with Crippen molar-refractivity contribution in [3.05, 3.63) is 24.8 Å². The van der Waals surface area contributed by atoms with E-state index in [4.69, 9.17) is 10.5 Å². The van der Waals surface area contributed by atoms with E-state index in [-0.39, 0.29) is 6.10 Å². The maximum atomic E-state index is 5.95. The summed E-state index contributed by atoms with van der Waals surface area (Å²) < 4.78 is 5.49. The lowest BCUT2D eigenvalue weighted by molar-refractivity contribution is 0.233. The Morgan fingerprint density at radius 3 is 2.56 bits per heavy atom. The number of nitrogen functional groups attached to an aromatic ring is 1. The third-order valence-corrected chi connectivity index (χ3v) is 2.80. The van der Waals surface area contributed by atoms with Crippen molar-refractivity contribution < 1.29 is 4.74 Å².